The van der Waals surface area contributed by atoms with Crippen LogP contribution >= 0.6 is 0 Å². The van der Waals surface area contributed by atoms with Crippen LogP contribution in [0.5, 0.6) is 5.75 Å². The molecule has 1 saturated heterocycles. The van der Waals surface area contributed by atoms with Gasteiger partial charge in [-0.2, -0.15) is 0 Å². The SMILES string of the molecule is COc1ccc(C)cc1NC(=O)[C@H]1CC(=O)N(c2ccc3oc(C)nc3c2)C1. The van der Waals surface area contributed by atoms with Crippen LogP contribution in [-0.2, 0) is 9.59 Å². The molecule has 1 atom stereocenters. The summed E-state index contributed by atoms with van der Waals surface area (Å²) in [7, 11) is 1.56. The molecule has 1 fully saturated rings. The Bertz CT molecular complexity index is 1070. The van der Waals surface area contributed by atoms with Crippen LogP contribution in [0.1, 0.15) is 17.9 Å². The highest BCUT2D eigenvalue weighted by Gasteiger charge is 2.35. The van der Waals surface area contributed by atoms with E-state index < -0.39 is 5.92 Å². The summed E-state index contributed by atoms with van der Waals surface area (Å²) in [4.78, 5) is 31.2. The maximum absolute atomic E-state index is 12.8. The zero-order chi connectivity index (χ0) is 19.8. The van der Waals surface area contributed by atoms with Crippen LogP contribution in [-0.4, -0.2) is 30.5 Å². The van der Waals surface area contributed by atoms with Crippen LogP contribution in [0.2, 0.25) is 0 Å². The van der Waals surface area contributed by atoms with E-state index in [0.29, 0.717) is 40.7 Å². The van der Waals surface area contributed by atoms with E-state index in [2.05, 4.69) is 10.3 Å². The van der Waals surface area contributed by atoms with Gasteiger partial charge in [0.25, 0.3) is 0 Å². The van der Waals surface area contributed by atoms with Crippen molar-refractivity contribution < 1.29 is 18.7 Å². The number of benzene rings is 2. The molecule has 4 rings (SSSR count). The normalized spacial score (nSPS) is 16.6. The predicted octanol–water partition coefficient (Wildman–Crippen LogP) is 3.44. The summed E-state index contributed by atoms with van der Waals surface area (Å²) in [6.07, 6.45) is 0.163. The average Bonchev–Trinajstić information content (AvgIpc) is 3.23. The number of nitrogens with one attached hydrogen (secondary N) is 1. The van der Waals surface area contributed by atoms with Gasteiger partial charge >= 0.3 is 0 Å². The van der Waals surface area contributed by atoms with Crippen molar-refractivity contribution in [2.75, 3.05) is 23.9 Å². The van der Waals surface area contributed by atoms with Crippen LogP contribution in [0.4, 0.5) is 11.4 Å². The molecule has 2 amide bonds. The highest BCUT2D eigenvalue weighted by Crippen LogP contribution is 2.30. The maximum Gasteiger partial charge on any atom is 0.229 e. The molecule has 7 heteroatoms. The second-order valence-electron chi connectivity index (χ2n) is 6.98. The largest absolute Gasteiger partial charge is 0.495 e. The summed E-state index contributed by atoms with van der Waals surface area (Å²) in [5.41, 5.74) is 3.71. The van der Waals surface area contributed by atoms with E-state index in [4.69, 9.17) is 9.15 Å². The number of oxazole rings is 1. The third-order valence-electron chi connectivity index (χ3n) is 4.90. The number of aryl methyl sites for hydroxylation is 2. The van der Waals surface area contributed by atoms with Gasteiger partial charge in [0.05, 0.1) is 18.7 Å². The van der Waals surface area contributed by atoms with E-state index in [1.54, 1.807) is 25.0 Å². The number of hydrogen-bond acceptors (Lipinski definition) is 5. The molecule has 1 aliphatic heterocycles. The molecule has 2 aromatic carbocycles. The molecule has 0 radical (unpaired) electrons. The van der Waals surface area contributed by atoms with Gasteiger partial charge in [-0.15, -0.1) is 0 Å². The Kier molecular flexibility index (Phi) is 4.50. The summed E-state index contributed by atoms with van der Waals surface area (Å²) in [5.74, 6) is 0.442. The molecular weight excluding hydrogens is 358 g/mol. The molecule has 144 valence electrons. The fourth-order valence-corrected chi connectivity index (χ4v) is 3.49. The highest BCUT2D eigenvalue weighted by molar-refractivity contribution is 6.04. The Balaban J connectivity index is 1.52. The third kappa shape index (κ3) is 3.31. The number of hydrogen-bond donors (Lipinski definition) is 1. The Hall–Kier alpha value is -3.35. The fourth-order valence-electron chi connectivity index (χ4n) is 3.49. The van der Waals surface area contributed by atoms with E-state index in [-0.39, 0.29) is 18.2 Å². The number of amides is 2. The molecule has 7 nitrogen and oxygen atoms in total. The number of carbonyl (C=O) groups excluding carboxylic acids is 2. The molecule has 1 aromatic heterocycles. The minimum absolute atomic E-state index is 0.0871. The molecule has 0 aliphatic carbocycles. The molecule has 1 aliphatic rings. The lowest BCUT2D eigenvalue weighted by atomic mass is 10.1. The van der Waals surface area contributed by atoms with Gasteiger partial charge in [-0.1, -0.05) is 6.07 Å². The summed E-state index contributed by atoms with van der Waals surface area (Å²) in [6.45, 7) is 4.04. The smallest absolute Gasteiger partial charge is 0.229 e. The Morgan fingerprint density at radius 1 is 1.25 bits per heavy atom. The third-order valence-corrected chi connectivity index (χ3v) is 4.90. The van der Waals surface area contributed by atoms with Crippen molar-refractivity contribution in [3.8, 4) is 5.75 Å². The lowest BCUT2D eigenvalue weighted by molar-refractivity contribution is -0.122. The monoisotopic (exact) mass is 379 g/mol. The van der Waals surface area contributed by atoms with E-state index in [1.807, 2.05) is 37.3 Å². The van der Waals surface area contributed by atoms with Crippen LogP contribution < -0.4 is 15.0 Å². The van der Waals surface area contributed by atoms with Crippen LogP contribution in [0.25, 0.3) is 11.1 Å². The van der Waals surface area contributed by atoms with E-state index in [9.17, 15) is 9.59 Å². The van der Waals surface area contributed by atoms with E-state index >= 15 is 0 Å². The topological polar surface area (TPSA) is 84.7 Å². The quantitative estimate of drug-likeness (QED) is 0.751. The Labute approximate surface area is 162 Å². The summed E-state index contributed by atoms with van der Waals surface area (Å²) < 4.78 is 10.8. The van der Waals surface area contributed by atoms with Gasteiger partial charge in [0.1, 0.15) is 11.3 Å². The fraction of sp³-hybridized carbons (Fsp3) is 0.286. The molecule has 0 saturated carbocycles. The van der Waals surface area contributed by atoms with Gasteiger partial charge in [-0.05, 0) is 42.8 Å². The number of methoxy groups -OCH3 is 1. The summed E-state index contributed by atoms with van der Waals surface area (Å²) in [5, 5.41) is 2.90. The molecule has 2 heterocycles. The predicted molar refractivity (Wildman–Crippen MR) is 106 cm³/mol. The van der Waals surface area contributed by atoms with Crippen molar-refractivity contribution in [1.29, 1.82) is 0 Å². The number of nitrogens with zero attached hydrogens (tertiary/aromatic N) is 2. The number of anilines is 2. The number of fused-ring (bicyclic) bond motifs is 1. The van der Waals surface area contributed by atoms with Gasteiger partial charge in [-0.3, -0.25) is 9.59 Å². The lowest BCUT2D eigenvalue weighted by Crippen LogP contribution is -2.28. The van der Waals surface area contributed by atoms with Crippen molar-refractivity contribution in [2.45, 2.75) is 20.3 Å². The molecular formula is C21H21N3O4. The first-order valence-corrected chi connectivity index (χ1v) is 9.07. The van der Waals surface area contributed by atoms with Gasteiger partial charge in [-0.25, -0.2) is 4.98 Å². The number of rotatable bonds is 4. The molecule has 1 N–H and O–H groups in total. The van der Waals surface area contributed by atoms with Gasteiger partial charge in [0, 0.05) is 25.6 Å². The molecule has 0 bridgehead atoms. The molecule has 28 heavy (non-hydrogen) atoms. The van der Waals surface area contributed by atoms with Crippen LogP contribution in [0.3, 0.4) is 0 Å². The summed E-state index contributed by atoms with van der Waals surface area (Å²) in [6, 6.07) is 11.0. The second-order valence-corrected chi connectivity index (χ2v) is 6.98. The van der Waals surface area contributed by atoms with Crippen molar-refractivity contribution >= 4 is 34.3 Å². The number of aromatic nitrogens is 1. The van der Waals surface area contributed by atoms with Crippen molar-refractivity contribution in [3.63, 3.8) is 0 Å². The van der Waals surface area contributed by atoms with Crippen molar-refractivity contribution in [3.05, 3.63) is 47.9 Å². The summed E-state index contributed by atoms with van der Waals surface area (Å²) >= 11 is 0. The minimum atomic E-state index is -0.438. The average molecular weight is 379 g/mol. The molecule has 0 spiro atoms. The Morgan fingerprint density at radius 3 is 2.86 bits per heavy atom. The van der Waals surface area contributed by atoms with Crippen LogP contribution in [0.15, 0.2) is 40.8 Å². The first kappa shape index (κ1) is 18.0. The van der Waals surface area contributed by atoms with Gasteiger partial charge in [0.15, 0.2) is 11.5 Å². The number of ether oxygens (including phenoxy) is 1. The zero-order valence-electron chi connectivity index (χ0n) is 16.0. The van der Waals surface area contributed by atoms with Gasteiger partial charge < -0.3 is 19.4 Å². The zero-order valence-corrected chi connectivity index (χ0v) is 16.0. The standard InChI is InChI=1S/C21H21N3O4/c1-12-4-6-18(27-3)16(8-12)23-21(26)14-9-20(25)24(11-14)15-5-7-19-17(10-15)22-13(2)28-19/h4-8,10,14H,9,11H2,1-3H3,(H,23,26)/t14-/m0/s1. The highest BCUT2D eigenvalue weighted by atomic mass is 16.5. The molecule has 3 aromatic rings. The second kappa shape index (κ2) is 6.99. The first-order valence-electron chi connectivity index (χ1n) is 9.07. The van der Waals surface area contributed by atoms with Gasteiger partial charge in [0.2, 0.25) is 11.8 Å². The van der Waals surface area contributed by atoms with E-state index in [0.717, 1.165) is 5.56 Å². The Morgan fingerprint density at radius 2 is 2.07 bits per heavy atom. The first-order chi connectivity index (χ1) is 13.4. The number of carbonyl (C=O) groups is 2. The van der Waals surface area contributed by atoms with Crippen molar-refractivity contribution in [2.24, 2.45) is 5.92 Å². The van der Waals surface area contributed by atoms with Crippen LogP contribution in [0, 0.1) is 19.8 Å². The lowest BCUT2D eigenvalue weighted by Gasteiger charge is -2.17. The minimum Gasteiger partial charge on any atom is -0.495 e. The molecule has 0 unspecified atom stereocenters. The van der Waals surface area contributed by atoms with Crippen molar-refractivity contribution in [1.82, 2.24) is 4.98 Å². The maximum atomic E-state index is 12.8. The van der Waals surface area contributed by atoms with E-state index in [1.165, 1.54) is 0 Å².